The first-order valence-electron chi connectivity index (χ1n) is 4.35. The van der Waals surface area contributed by atoms with Crippen LogP contribution in [-0.2, 0) is 6.42 Å². The molecule has 0 fully saturated rings. The maximum Gasteiger partial charge on any atom is 0.137 e. The third-order valence-electron chi connectivity index (χ3n) is 2.09. The zero-order valence-corrected chi connectivity index (χ0v) is 7.58. The number of furan rings is 1. The Morgan fingerprint density at radius 1 is 1.54 bits per heavy atom. The fourth-order valence-corrected chi connectivity index (χ4v) is 1.42. The van der Waals surface area contributed by atoms with E-state index in [0.29, 0.717) is 6.54 Å². The number of aromatic nitrogens is 1. The fraction of sp³-hybridized carbons (Fsp3) is 0.300. The van der Waals surface area contributed by atoms with Crippen LogP contribution in [0, 0.1) is 6.92 Å². The van der Waals surface area contributed by atoms with Gasteiger partial charge < -0.3 is 10.2 Å². The van der Waals surface area contributed by atoms with E-state index in [1.165, 1.54) is 0 Å². The molecule has 2 rings (SSSR count). The highest BCUT2D eigenvalue weighted by molar-refractivity contribution is 5.79. The molecule has 0 aliphatic carbocycles. The normalized spacial score (nSPS) is 10.9. The molecule has 0 bridgehead atoms. The molecule has 0 aliphatic heterocycles. The number of aryl methyl sites for hydroxylation is 1. The summed E-state index contributed by atoms with van der Waals surface area (Å²) in [7, 11) is 0. The van der Waals surface area contributed by atoms with Crippen molar-refractivity contribution in [3.05, 3.63) is 29.8 Å². The van der Waals surface area contributed by atoms with Crippen LogP contribution in [0.25, 0.3) is 11.0 Å². The summed E-state index contributed by atoms with van der Waals surface area (Å²) >= 11 is 0. The van der Waals surface area contributed by atoms with Gasteiger partial charge in [0.1, 0.15) is 11.3 Å². The van der Waals surface area contributed by atoms with Gasteiger partial charge in [0.25, 0.3) is 0 Å². The quantitative estimate of drug-likeness (QED) is 0.756. The molecule has 3 heteroatoms. The first kappa shape index (κ1) is 8.26. The van der Waals surface area contributed by atoms with Crippen molar-refractivity contribution in [3.8, 4) is 0 Å². The number of hydrogen-bond donors (Lipinski definition) is 1. The maximum absolute atomic E-state index is 5.57. The molecule has 0 radical (unpaired) electrons. The first-order valence-corrected chi connectivity index (χ1v) is 4.35. The molecule has 13 heavy (non-hydrogen) atoms. The maximum atomic E-state index is 5.57. The van der Waals surface area contributed by atoms with Crippen LogP contribution in [0.5, 0.6) is 0 Å². The van der Waals surface area contributed by atoms with E-state index in [9.17, 15) is 0 Å². The first-order chi connectivity index (χ1) is 6.31. The summed E-state index contributed by atoms with van der Waals surface area (Å²) in [6, 6.07) is 3.90. The predicted molar refractivity (Wildman–Crippen MR) is 51.5 cm³/mol. The zero-order valence-electron chi connectivity index (χ0n) is 7.58. The Labute approximate surface area is 76.6 Å². The van der Waals surface area contributed by atoms with Crippen LogP contribution in [-0.4, -0.2) is 11.5 Å². The van der Waals surface area contributed by atoms with Gasteiger partial charge in [0.15, 0.2) is 0 Å². The summed E-state index contributed by atoms with van der Waals surface area (Å²) in [4.78, 5) is 4.19. The number of nitrogens with zero attached hydrogens (tertiary/aromatic N) is 1. The van der Waals surface area contributed by atoms with Gasteiger partial charge in [-0.15, -0.1) is 0 Å². The van der Waals surface area contributed by atoms with Gasteiger partial charge in [-0.2, -0.15) is 0 Å². The largest absolute Gasteiger partial charge is 0.461 e. The van der Waals surface area contributed by atoms with Crippen LogP contribution in [0.2, 0.25) is 0 Å². The number of pyridine rings is 1. The molecule has 68 valence electrons. The van der Waals surface area contributed by atoms with Gasteiger partial charge in [-0.25, -0.2) is 0 Å². The van der Waals surface area contributed by atoms with Gasteiger partial charge in [0.2, 0.25) is 0 Å². The smallest absolute Gasteiger partial charge is 0.137 e. The minimum atomic E-state index is 0.617. The Morgan fingerprint density at radius 3 is 3.08 bits per heavy atom. The SMILES string of the molecule is Cc1nccc2oc(CCN)cc12. The van der Waals surface area contributed by atoms with Crippen molar-refractivity contribution in [2.24, 2.45) is 5.73 Å². The van der Waals surface area contributed by atoms with E-state index in [1.54, 1.807) is 6.20 Å². The van der Waals surface area contributed by atoms with Crippen LogP contribution >= 0.6 is 0 Å². The lowest BCUT2D eigenvalue weighted by Crippen LogP contribution is -2.01. The summed E-state index contributed by atoms with van der Waals surface area (Å²) in [5.41, 5.74) is 7.35. The molecule has 0 atom stereocenters. The highest BCUT2D eigenvalue weighted by atomic mass is 16.3. The summed E-state index contributed by atoms with van der Waals surface area (Å²) in [5, 5.41) is 1.09. The van der Waals surface area contributed by atoms with Crippen molar-refractivity contribution in [2.45, 2.75) is 13.3 Å². The Morgan fingerprint density at radius 2 is 2.38 bits per heavy atom. The highest BCUT2D eigenvalue weighted by Gasteiger charge is 2.04. The average molecular weight is 176 g/mol. The van der Waals surface area contributed by atoms with Crippen molar-refractivity contribution in [1.29, 1.82) is 0 Å². The molecular weight excluding hydrogens is 164 g/mol. The molecule has 2 heterocycles. The number of rotatable bonds is 2. The van der Waals surface area contributed by atoms with E-state index in [-0.39, 0.29) is 0 Å². The van der Waals surface area contributed by atoms with Crippen LogP contribution in [0.4, 0.5) is 0 Å². The Bertz CT molecular complexity index is 420. The van der Waals surface area contributed by atoms with E-state index in [2.05, 4.69) is 4.98 Å². The lowest BCUT2D eigenvalue weighted by atomic mass is 10.2. The average Bonchev–Trinajstić information content (AvgIpc) is 2.49. The second kappa shape index (κ2) is 3.18. The van der Waals surface area contributed by atoms with Gasteiger partial charge in [0, 0.05) is 23.7 Å². The Balaban J connectivity index is 2.55. The van der Waals surface area contributed by atoms with E-state index >= 15 is 0 Å². The number of hydrogen-bond acceptors (Lipinski definition) is 3. The minimum absolute atomic E-state index is 0.617. The topological polar surface area (TPSA) is 52.0 Å². The molecule has 2 aromatic rings. The predicted octanol–water partition coefficient (Wildman–Crippen LogP) is 1.64. The number of nitrogens with two attached hydrogens (primary N) is 1. The standard InChI is InChI=1S/C10H12N2O/c1-7-9-6-8(2-4-11)13-10(9)3-5-12-7/h3,5-6H,2,4,11H2,1H3. The monoisotopic (exact) mass is 176 g/mol. The molecule has 2 N–H and O–H groups in total. The van der Waals surface area contributed by atoms with Crippen LogP contribution < -0.4 is 5.73 Å². The fourth-order valence-electron chi connectivity index (χ4n) is 1.42. The van der Waals surface area contributed by atoms with Crippen LogP contribution in [0.15, 0.2) is 22.7 Å². The van der Waals surface area contributed by atoms with E-state index in [0.717, 1.165) is 28.8 Å². The number of fused-ring (bicyclic) bond motifs is 1. The second-order valence-electron chi connectivity index (χ2n) is 3.06. The lowest BCUT2D eigenvalue weighted by Gasteiger charge is -1.90. The Hall–Kier alpha value is -1.35. The second-order valence-corrected chi connectivity index (χ2v) is 3.06. The van der Waals surface area contributed by atoms with Gasteiger partial charge >= 0.3 is 0 Å². The van der Waals surface area contributed by atoms with Crippen molar-refractivity contribution in [2.75, 3.05) is 6.54 Å². The molecule has 3 nitrogen and oxygen atoms in total. The van der Waals surface area contributed by atoms with Gasteiger partial charge in [-0.3, -0.25) is 4.98 Å². The molecule has 0 aromatic carbocycles. The molecule has 0 saturated carbocycles. The highest BCUT2D eigenvalue weighted by Crippen LogP contribution is 2.20. The molecule has 2 aromatic heterocycles. The lowest BCUT2D eigenvalue weighted by molar-refractivity contribution is 0.550. The zero-order chi connectivity index (χ0) is 9.26. The summed E-state index contributed by atoms with van der Waals surface area (Å²) < 4.78 is 5.57. The van der Waals surface area contributed by atoms with Crippen molar-refractivity contribution < 1.29 is 4.42 Å². The third kappa shape index (κ3) is 1.42. The molecule has 0 unspecified atom stereocenters. The molecule has 0 saturated heterocycles. The molecule has 0 spiro atoms. The van der Waals surface area contributed by atoms with E-state index in [4.69, 9.17) is 10.2 Å². The molecule has 0 aliphatic rings. The van der Waals surface area contributed by atoms with Crippen LogP contribution in [0.1, 0.15) is 11.5 Å². The molecule has 0 amide bonds. The van der Waals surface area contributed by atoms with E-state index in [1.807, 2.05) is 19.1 Å². The van der Waals surface area contributed by atoms with Gasteiger partial charge in [-0.1, -0.05) is 0 Å². The van der Waals surface area contributed by atoms with Crippen molar-refractivity contribution >= 4 is 11.0 Å². The summed E-state index contributed by atoms with van der Waals surface area (Å²) in [6.07, 6.45) is 2.54. The van der Waals surface area contributed by atoms with E-state index < -0.39 is 0 Å². The van der Waals surface area contributed by atoms with Crippen molar-refractivity contribution in [3.63, 3.8) is 0 Å². The Kier molecular flexibility index (Phi) is 2.02. The minimum Gasteiger partial charge on any atom is -0.461 e. The van der Waals surface area contributed by atoms with Gasteiger partial charge in [0.05, 0.1) is 0 Å². The van der Waals surface area contributed by atoms with Crippen LogP contribution in [0.3, 0.4) is 0 Å². The third-order valence-corrected chi connectivity index (χ3v) is 2.09. The van der Waals surface area contributed by atoms with Gasteiger partial charge in [-0.05, 0) is 25.6 Å². The summed E-state index contributed by atoms with van der Waals surface area (Å²) in [5.74, 6) is 0.939. The van der Waals surface area contributed by atoms with Crippen molar-refractivity contribution in [1.82, 2.24) is 4.98 Å². The molecular formula is C10H12N2O. The summed E-state index contributed by atoms with van der Waals surface area (Å²) in [6.45, 7) is 2.59.